The van der Waals surface area contributed by atoms with E-state index in [1.165, 1.54) is 10.7 Å². The van der Waals surface area contributed by atoms with Crippen molar-refractivity contribution in [1.82, 2.24) is 19.9 Å². The zero-order chi connectivity index (χ0) is 14.5. The van der Waals surface area contributed by atoms with Gasteiger partial charge in [-0.15, -0.1) is 0 Å². The van der Waals surface area contributed by atoms with Crippen LogP contribution < -0.4 is 10.5 Å². The van der Waals surface area contributed by atoms with Gasteiger partial charge in [0, 0.05) is 33.7 Å². The van der Waals surface area contributed by atoms with Crippen LogP contribution in [0.2, 0.25) is 0 Å². The number of nitrogens with zero attached hydrogens (tertiary/aromatic N) is 5. The fourth-order valence-electron chi connectivity index (χ4n) is 1.56. The molecule has 2 heterocycles. The summed E-state index contributed by atoms with van der Waals surface area (Å²) in [4.78, 5) is 17.9. The first kappa shape index (κ1) is 14.2. The van der Waals surface area contributed by atoms with Crippen molar-refractivity contribution in [3.8, 4) is 0 Å². The molecule has 0 radical (unpaired) electrons. The molecular weight excluding hydrogens is 262 g/mol. The smallest absolute Gasteiger partial charge is 0.269 e. The van der Waals surface area contributed by atoms with Gasteiger partial charge in [0.25, 0.3) is 5.56 Å². The number of ether oxygens (including phenoxy) is 1. The summed E-state index contributed by atoms with van der Waals surface area (Å²) >= 11 is 0. The molecule has 0 unspecified atom stereocenters. The van der Waals surface area contributed by atoms with Gasteiger partial charge in [-0.05, 0) is 0 Å². The van der Waals surface area contributed by atoms with E-state index in [2.05, 4.69) is 15.2 Å². The van der Waals surface area contributed by atoms with Gasteiger partial charge in [0.15, 0.2) is 5.82 Å². The van der Waals surface area contributed by atoms with Crippen LogP contribution in [0, 0.1) is 0 Å². The van der Waals surface area contributed by atoms with Gasteiger partial charge < -0.3 is 14.2 Å². The second-order valence-electron chi connectivity index (χ2n) is 4.45. The molecule has 0 saturated carbocycles. The number of aromatic nitrogens is 4. The molecule has 0 aliphatic heterocycles. The summed E-state index contributed by atoms with van der Waals surface area (Å²) in [6.07, 6.45) is 2.19. The van der Waals surface area contributed by atoms with Gasteiger partial charge in [0.05, 0.1) is 18.5 Å². The van der Waals surface area contributed by atoms with E-state index in [9.17, 15) is 4.79 Å². The van der Waals surface area contributed by atoms with Gasteiger partial charge in [-0.3, -0.25) is 4.79 Å². The molecule has 0 fully saturated rings. The zero-order valence-corrected chi connectivity index (χ0v) is 11.7. The van der Waals surface area contributed by atoms with Crippen molar-refractivity contribution in [2.24, 2.45) is 0 Å². The third-order valence-corrected chi connectivity index (χ3v) is 2.70. The van der Waals surface area contributed by atoms with Crippen LogP contribution in [0.15, 0.2) is 21.6 Å². The Morgan fingerprint density at radius 3 is 2.90 bits per heavy atom. The number of anilines is 1. The molecule has 0 saturated heterocycles. The second kappa shape index (κ2) is 6.29. The van der Waals surface area contributed by atoms with Crippen LogP contribution in [0.1, 0.15) is 11.7 Å². The summed E-state index contributed by atoms with van der Waals surface area (Å²) < 4.78 is 11.3. The van der Waals surface area contributed by atoms with Gasteiger partial charge in [-0.25, -0.2) is 4.68 Å². The number of hydrogen-bond donors (Lipinski definition) is 0. The largest absolute Gasteiger partial charge is 0.384 e. The van der Waals surface area contributed by atoms with Gasteiger partial charge in [0.2, 0.25) is 5.89 Å². The summed E-state index contributed by atoms with van der Waals surface area (Å²) in [5.41, 5.74) is 0.533. The van der Waals surface area contributed by atoms with E-state index >= 15 is 0 Å². The fourth-order valence-corrected chi connectivity index (χ4v) is 1.56. The Morgan fingerprint density at radius 1 is 1.45 bits per heavy atom. The monoisotopic (exact) mass is 279 g/mol. The Kier molecular flexibility index (Phi) is 4.46. The minimum Gasteiger partial charge on any atom is -0.384 e. The van der Waals surface area contributed by atoms with E-state index in [1.54, 1.807) is 13.3 Å². The van der Waals surface area contributed by atoms with Crippen LogP contribution in [0.3, 0.4) is 0 Å². The van der Waals surface area contributed by atoms with Crippen LogP contribution >= 0.6 is 0 Å². The molecule has 0 aliphatic rings. The average Bonchev–Trinajstić information content (AvgIpc) is 2.86. The quantitative estimate of drug-likeness (QED) is 0.731. The standard InChI is InChI=1S/C12H17N5O3/c1-16(2)9-6-12(18)17(13-7-9)8-11-14-10(15-20-11)4-5-19-3/h6-7H,4-5,8H2,1-3H3. The molecule has 8 nitrogen and oxygen atoms in total. The van der Waals surface area contributed by atoms with Crippen molar-refractivity contribution in [2.75, 3.05) is 32.7 Å². The Labute approximate surface area is 116 Å². The van der Waals surface area contributed by atoms with E-state index in [0.717, 1.165) is 5.69 Å². The zero-order valence-electron chi connectivity index (χ0n) is 11.7. The Bertz CT molecular complexity index is 620. The van der Waals surface area contributed by atoms with Crippen LogP contribution in [0.4, 0.5) is 5.69 Å². The Balaban J connectivity index is 2.10. The lowest BCUT2D eigenvalue weighted by Gasteiger charge is -2.11. The molecule has 2 rings (SSSR count). The van der Waals surface area contributed by atoms with E-state index in [-0.39, 0.29) is 12.1 Å². The molecule has 0 amide bonds. The topological polar surface area (TPSA) is 86.3 Å². The average molecular weight is 279 g/mol. The molecular formula is C12H17N5O3. The van der Waals surface area contributed by atoms with Crippen LogP contribution in [-0.2, 0) is 17.7 Å². The van der Waals surface area contributed by atoms with Crippen molar-refractivity contribution in [2.45, 2.75) is 13.0 Å². The van der Waals surface area contributed by atoms with Crippen molar-refractivity contribution in [1.29, 1.82) is 0 Å². The van der Waals surface area contributed by atoms with E-state index < -0.39 is 0 Å². The summed E-state index contributed by atoms with van der Waals surface area (Å²) in [6.45, 7) is 0.682. The van der Waals surface area contributed by atoms with Crippen LogP contribution in [-0.4, -0.2) is 47.7 Å². The van der Waals surface area contributed by atoms with Gasteiger partial charge in [-0.2, -0.15) is 10.1 Å². The molecule has 20 heavy (non-hydrogen) atoms. The summed E-state index contributed by atoms with van der Waals surface area (Å²) in [7, 11) is 5.30. The number of methoxy groups -OCH3 is 1. The highest BCUT2D eigenvalue weighted by molar-refractivity contribution is 5.40. The lowest BCUT2D eigenvalue weighted by atomic mass is 10.4. The molecule has 0 atom stereocenters. The van der Waals surface area contributed by atoms with Crippen LogP contribution in [0.25, 0.3) is 0 Å². The normalized spacial score (nSPS) is 10.8. The Morgan fingerprint density at radius 2 is 2.25 bits per heavy atom. The predicted molar refractivity (Wildman–Crippen MR) is 71.8 cm³/mol. The van der Waals surface area contributed by atoms with E-state index in [1.807, 2.05) is 19.0 Å². The summed E-state index contributed by atoms with van der Waals surface area (Å²) in [5.74, 6) is 0.906. The summed E-state index contributed by atoms with van der Waals surface area (Å²) in [5, 5.41) is 7.88. The number of rotatable bonds is 6. The second-order valence-corrected chi connectivity index (χ2v) is 4.45. The molecule has 0 aromatic carbocycles. The minimum absolute atomic E-state index is 0.159. The minimum atomic E-state index is -0.215. The molecule has 8 heteroatoms. The van der Waals surface area contributed by atoms with Crippen LogP contribution in [0.5, 0.6) is 0 Å². The first-order valence-corrected chi connectivity index (χ1v) is 6.15. The third kappa shape index (κ3) is 3.41. The van der Waals surface area contributed by atoms with Gasteiger partial charge in [-0.1, -0.05) is 5.16 Å². The first-order chi connectivity index (χ1) is 9.60. The molecule has 2 aromatic heterocycles. The molecule has 108 valence electrons. The maximum atomic E-state index is 11.9. The Hall–Kier alpha value is -2.22. The van der Waals surface area contributed by atoms with Crippen molar-refractivity contribution in [3.63, 3.8) is 0 Å². The maximum Gasteiger partial charge on any atom is 0.269 e. The third-order valence-electron chi connectivity index (χ3n) is 2.70. The van der Waals surface area contributed by atoms with Gasteiger partial charge in [0.1, 0.15) is 6.54 Å². The van der Waals surface area contributed by atoms with Crippen molar-refractivity contribution >= 4 is 5.69 Å². The first-order valence-electron chi connectivity index (χ1n) is 6.15. The molecule has 2 aromatic rings. The van der Waals surface area contributed by atoms with Crippen molar-refractivity contribution < 1.29 is 9.26 Å². The van der Waals surface area contributed by atoms with Gasteiger partial charge >= 0.3 is 0 Å². The highest BCUT2D eigenvalue weighted by Gasteiger charge is 2.09. The SMILES string of the molecule is COCCc1noc(Cn2ncc(N(C)C)cc2=O)n1. The lowest BCUT2D eigenvalue weighted by molar-refractivity contribution is 0.199. The molecule has 0 bridgehead atoms. The highest BCUT2D eigenvalue weighted by atomic mass is 16.5. The highest BCUT2D eigenvalue weighted by Crippen LogP contribution is 2.04. The molecule has 0 aliphatic carbocycles. The lowest BCUT2D eigenvalue weighted by Crippen LogP contribution is -2.24. The molecule has 0 spiro atoms. The number of hydrogen-bond acceptors (Lipinski definition) is 7. The fraction of sp³-hybridized carbons (Fsp3) is 0.500. The summed E-state index contributed by atoms with van der Waals surface area (Å²) in [6, 6.07) is 1.51. The van der Waals surface area contributed by atoms with Crippen molar-refractivity contribution in [3.05, 3.63) is 34.3 Å². The predicted octanol–water partition coefficient (Wildman–Crippen LogP) is -0.0705. The maximum absolute atomic E-state index is 11.9. The van der Waals surface area contributed by atoms with E-state index in [4.69, 9.17) is 9.26 Å². The molecule has 0 N–H and O–H groups in total. The van der Waals surface area contributed by atoms with E-state index in [0.29, 0.717) is 24.7 Å².